The van der Waals surface area contributed by atoms with Crippen LogP contribution in [0.15, 0.2) is 35.3 Å². The van der Waals surface area contributed by atoms with Crippen molar-refractivity contribution in [1.29, 1.82) is 0 Å². The molecule has 2 heterocycles. The van der Waals surface area contributed by atoms with Crippen molar-refractivity contribution < 1.29 is 4.74 Å². The van der Waals surface area contributed by atoms with E-state index in [1.165, 1.54) is 4.52 Å². The number of methoxy groups -OCH3 is 1. The molecule has 0 unspecified atom stereocenters. The molecule has 1 aromatic carbocycles. The van der Waals surface area contributed by atoms with Gasteiger partial charge in [0.05, 0.1) is 12.8 Å². The van der Waals surface area contributed by atoms with Crippen molar-refractivity contribution in [2.45, 2.75) is 19.3 Å². The molecule has 3 aromatic rings. The number of para-hydroxylation sites is 1. The molecular weight excluding hydrogens is 266 g/mol. The molecule has 0 saturated carbocycles. The average molecular weight is 281 g/mol. The number of H-pyrrole nitrogens is 1. The molecule has 1 aliphatic rings. The fourth-order valence-electron chi connectivity index (χ4n) is 3.05. The van der Waals surface area contributed by atoms with Crippen LogP contribution in [0, 0.1) is 0 Å². The summed E-state index contributed by atoms with van der Waals surface area (Å²) >= 11 is 0. The van der Waals surface area contributed by atoms with Crippen LogP contribution in [0.5, 0.6) is 5.75 Å². The number of hydrogen-bond donors (Lipinski definition) is 1. The highest BCUT2D eigenvalue weighted by molar-refractivity contribution is 5.81. The maximum absolute atomic E-state index is 12.5. The highest BCUT2D eigenvalue weighted by Gasteiger charge is 2.21. The quantitative estimate of drug-likeness (QED) is 0.783. The monoisotopic (exact) mass is 281 g/mol. The predicted molar refractivity (Wildman–Crippen MR) is 79.8 cm³/mol. The Labute approximate surface area is 121 Å². The molecule has 0 aliphatic heterocycles. The van der Waals surface area contributed by atoms with E-state index in [4.69, 9.17) is 9.72 Å². The van der Waals surface area contributed by atoms with Gasteiger partial charge in [0.2, 0.25) is 0 Å². The van der Waals surface area contributed by atoms with Gasteiger partial charge >= 0.3 is 0 Å². The summed E-state index contributed by atoms with van der Waals surface area (Å²) in [7, 11) is 1.64. The third-order valence-electron chi connectivity index (χ3n) is 4.08. The van der Waals surface area contributed by atoms with Crippen molar-refractivity contribution in [3.05, 3.63) is 52.1 Å². The first kappa shape index (κ1) is 12.2. The molecule has 0 amide bonds. The van der Waals surface area contributed by atoms with Gasteiger partial charge in [0, 0.05) is 22.9 Å². The van der Waals surface area contributed by atoms with E-state index in [1.807, 2.05) is 30.5 Å². The third-order valence-corrected chi connectivity index (χ3v) is 4.08. The highest BCUT2D eigenvalue weighted by Crippen LogP contribution is 2.32. The maximum atomic E-state index is 12.5. The largest absolute Gasteiger partial charge is 0.496 e. The lowest BCUT2D eigenvalue weighted by atomic mass is 10.1. The molecule has 0 atom stereocenters. The molecule has 106 valence electrons. The van der Waals surface area contributed by atoms with Crippen LogP contribution in [0.1, 0.15) is 17.7 Å². The summed E-state index contributed by atoms with van der Waals surface area (Å²) in [6.07, 6.45) is 4.54. The molecule has 2 aromatic heterocycles. The SMILES string of the molecule is COc1ccccc1-c1c[nH]n2c(=O)c3c(nc12)CCC3. The molecule has 0 saturated heterocycles. The van der Waals surface area contributed by atoms with E-state index in [1.54, 1.807) is 7.11 Å². The number of ether oxygens (including phenoxy) is 1. The van der Waals surface area contributed by atoms with Gasteiger partial charge in [0.15, 0.2) is 5.65 Å². The number of benzene rings is 1. The molecule has 5 nitrogen and oxygen atoms in total. The van der Waals surface area contributed by atoms with Gasteiger partial charge in [-0.1, -0.05) is 18.2 Å². The topological polar surface area (TPSA) is 59.4 Å². The van der Waals surface area contributed by atoms with Crippen LogP contribution in [0.25, 0.3) is 16.8 Å². The lowest BCUT2D eigenvalue weighted by molar-refractivity contribution is 0.416. The zero-order valence-electron chi connectivity index (χ0n) is 11.7. The second-order valence-corrected chi connectivity index (χ2v) is 5.24. The number of fused-ring (bicyclic) bond motifs is 2. The standard InChI is InChI=1S/C16H15N3O2/c1-21-14-8-3-2-5-10(14)12-9-17-19-15(12)18-13-7-4-6-11(13)16(19)20/h2-3,5,8-9,17H,4,6-7H2,1H3. The molecular formula is C16H15N3O2. The number of aryl methyl sites for hydroxylation is 1. The predicted octanol–water partition coefficient (Wildman–Crippen LogP) is 2.19. The minimum Gasteiger partial charge on any atom is -0.496 e. The highest BCUT2D eigenvalue weighted by atomic mass is 16.5. The van der Waals surface area contributed by atoms with Gasteiger partial charge in [-0.2, -0.15) is 0 Å². The first-order valence-electron chi connectivity index (χ1n) is 7.05. The van der Waals surface area contributed by atoms with Crippen molar-refractivity contribution in [2.75, 3.05) is 7.11 Å². The van der Waals surface area contributed by atoms with Crippen LogP contribution in [0.3, 0.4) is 0 Å². The van der Waals surface area contributed by atoms with Crippen LogP contribution in [-0.4, -0.2) is 21.7 Å². The van der Waals surface area contributed by atoms with Crippen molar-refractivity contribution in [2.24, 2.45) is 0 Å². The Balaban J connectivity index is 2.03. The smallest absolute Gasteiger partial charge is 0.276 e. The van der Waals surface area contributed by atoms with Crippen molar-refractivity contribution >= 4 is 5.65 Å². The van der Waals surface area contributed by atoms with Gasteiger partial charge in [-0.25, -0.2) is 9.50 Å². The Morgan fingerprint density at radius 1 is 1.24 bits per heavy atom. The summed E-state index contributed by atoms with van der Waals surface area (Å²) in [5, 5.41) is 3.02. The number of nitrogens with one attached hydrogen (secondary N) is 1. The Morgan fingerprint density at radius 2 is 2.10 bits per heavy atom. The number of aromatic amines is 1. The van der Waals surface area contributed by atoms with Crippen LogP contribution in [-0.2, 0) is 12.8 Å². The average Bonchev–Trinajstić information content (AvgIpc) is 3.14. The summed E-state index contributed by atoms with van der Waals surface area (Å²) < 4.78 is 6.95. The number of hydrogen-bond acceptors (Lipinski definition) is 3. The fraction of sp³-hybridized carbons (Fsp3) is 0.250. The Bertz CT molecular complexity index is 892. The molecule has 4 rings (SSSR count). The van der Waals surface area contributed by atoms with Crippen molar-refractivity contribution in [3.8, 4) is 16.9 Å². The minimum atomic E-state index is 0.0219. The molecule has 0 radical (unpaired) electrons. The van der Waals surface area contributed by atoms with Gasteiger partial charge in [-0.15, -0.1) is 0 Å². The molecule has 0 bridgehead atoms. The van der Waals surface area contributed by atoms with E-state index in [2.05, 4.69) is 5.10 Å². The van der Waals surface area contributed by atoms with Crippen LogP contribution in [0.2, 0.25) is 0 Å². The minimum absolute atomic E-state index is 0.0219. The molecule has 5 heteroatoms. The lowest BCUT2D eigenvalue weighted by Crippen LogP contribution is -2.20. The van der Waals surface area contributed by atoms with E-state index in [0.29, 0.717) is 5.65 Å². The summed E-state index contributed by atoms with van der Waals surface area (Å²) in [4.78, 5) is 17.2. The molecule has 1 aliphatic carbocycles. The second kappa shape index (κ2) is 4.48. The molecule has 21 heavy (non-hydrogen) atoms. The normalized spacial score (nSPS) is 13.6. The Hall–Kier alpha value is -2.56. The van der Waals surface area contributed by atoms with Crippen LogP contribution >= 0.6 is 0 Å². The number of aromatic nitrogens is 3. The van der Waals surface area contributed by atoms with Gasteiger partial charge in [0.25, 0.3) is 5.56 Å². The van der Waals surface area contributed by atoms with Gasteiger partial charge in [-0.3, -0.25) is 9.89 Å². The molecule has 1 N–H and O–H groups in total. The van der Waals surface area contributed by atoms with Crippen molar-refractivity contribution in [1.82, 2.24) is 14.6 Å². The van der Waals surface area contributed by atoms with Gasteiger partial charge < -0.3 is 4.74 Å². The van der Waals surface area contributed by atoms with Gasteiger partial charge in [0.1, 0.15) is 5.75 Å². The lowest BCUT2D eigenvalue weighted by Gasteiger charge is -2.07. The maximum Gasteiger partial charge on any atom is 0.276 e. The van der Waals surface area contributed by atoms with Gasteiger partial charge in [-0.05, 0) is 25.3 Å². The van der Waals surface area contributed by atoms with E-state index >= 15 is 0 Å². The van der Waals surface area contributed by atoms with E-state index in [-0.39, 0.29) is 5.56 Å². The summed E-state index contributed by atoms with van der Waals surface area (Å²) in [5.74, 6) is 0.772. The molecule has 0 spiro atoms. The summed E-state index contributed by atoms with van der Waals surface area (Å²) in [6.45, 7) is 0. The van der Waals surface area contributed by atoms with Crippen molar-refractivity contribution in [3.63, 3.8) is 0 Å². The Morgan fingerprint density at radius 3 is 2.95 bits per heavy atom. The number of rotatable bonds is 2. The van der Waals surface area contributed by atoms with E-state index < -0.39 is 0 Å². The first-order chi connectivity index (χ1) is 10.3. The van der Waals surface area contributed by atoms with Crippen LogP contribution < -0.4 is 10.3 Å². The first-order valence-corrected chi connectivity index (χ1v) is 7.05. The fourth-order valence-corrected chi connectivity index (χ4v) is 3.05. The van der Waals surface area contributed by atoms with E-state index in [0.717, 1.165) is 47.4 Å². The number of nitrogens with zero attached hydrogens (tertiary/aromatic N) is 2. The molecule has 0 fully saturated rings. The zero-order chi connectivity index (χ0) is 14.4. The van der Waals surface area contributed by atoms with E-state index in [9.17, 15) is 4.79 Å². The zero-order valence-corrected chi connectivity index (χ0v) is 11.7. The Kier molecular flexibility index (Phi) is 2.60. The third kappa shape index (κ3) is 1.70. The second-order valence-electron chi connectivity index (χ2n) is 5.24. The van der Waals surface area contributed by atoms with Crippen LogP contribution in [0.4, 0.5) is 0 Å². The summed E-state index contributed by atoms with van der Waals surface area (Å²) in [6, 6.07) is 7.76. The summed E-state index contributed by atoms with van der Waals surface area (Å²) in [5.41, 5.74) is 4.30.